The third-order valence-electron chi connectivity index (χ3n) is 1.82. The van der Waals surface area contributed by atoms with Crippen LogP contribution in [0.2, 0.25) is 0 Å². The smallest absolute Gasteiger partial charge is 0.320 e. The van der Waals surface area contributed by atoms with Crippen molar-refractivity contribution < 1.29 is 19.4 Å². The van der Waals surface area contributed by atoms with Gasteiger partial charge in [0.1, 0.15) is 0 Å². The van der Waals surface area contributed by atoms with Gasteiger partial charge in [0.25, 0.3) is 0 Å². The number of carbonyl (C=O) groups is 2. The lowest BCUT2D eigenvalue weighted by Gasteiger charge is -2.07. The summed E-state index contributed by atoms with van der Waals surface area (Å²) in [6.07, 6.45) is 0.165. The van der Waals surface area contributed by atoms with Gasteiger partial charge in [0.2, 0.25) is 0 Å². The Kier molecular flexibility index (Phi) is 4.28. The van der Waals surface area contributed by atoms with Crippen LogP contribution in [0.4, 0.5) is 0 Å². The SMILES string of the molecule is COC(=O)C(Cc1ccc(Br)s1)C(=O)O. The number of methoxy groups -OCH3 is 1. The number of rotatable bonds is 4. The van der Waals surface area contributed by atoms with Crippen LogP contribution in [0.3, 0.4) is 0 Å². The largest absolute Gasteiger partial charge is 0.481 e. The van der Waals surface area contributed by atoms with Crippen molar-refractivity contribution >= 4 is 39.2 Å². The number of carboxylic acid groups (broad SMARTS) is 1. The lowest BCUT2D eigenvalue weighted by atomic mass is 10.1. The molecule has 0 radical (unpaired) electrons. The Labute approximate surface area is 99.0 Å². The van der Waals surface area contributed by atoms with Crippen molar-refractivity contribution in [2.45, 2.75) is 6.42 Å². The van der Waals surface area contributed by atoms with Crippen molar-refractivity contribution in [3.05, 3.63) is 20.8 Å². The average molecular weight is 293 g/mol. The summed E-state index contributed by atoms with van der Waals surface area (Å²) in [5.41, 5.74) is 0. The third kappa shape index (κ3) is 3.32. The summed E-state index contributed by atoms with van der Waals surface area (Å²) in [5, 5.41) is 8.83. The van der Waals surface area contributed by atoms with Crippen molar-refractivity contribution in [2.24, 2.45) is 5.92 Å². The maximum atomic E-state index is 11.2. The molecule has 1 N–H and O–H groups in total. The quantitative estimate of drug-likeness (QED) is 0.680. The lowest BCUT2D eigenvalue weighted by Crippen LogP contribution is -2.26. The molecule has 0 amide bonds. The molecule has 0 saturated heterocycles. The van der Waals surface area contributed by atoms with Crippen molar-refractivity contribution in [1.82, 2.24) is 0 Å². The number of hydrogen-bond donors (Lipinski definition) is 1. The van der Waals surface area contributed by atoms with Gasteiger partial charge < -0.3 is 9.84 Å². The predicted molar refractivity (Wildman–Crippen MR) is 58.9 cm³/mol. The van der Waals surface area contributed by atoms with Gasteiger partial charge in [0.15, 0.2) is 5.92 Å². The van der Waals surface area contributed by atoms with E-state index in [4.69, 9.17) is 5.11 Å². The number of halogens is 1. The fourth-order valence-corrected chi connectivity index (χ4v) is 2.60. The van der Waals surface area contributed by atoms with Crippen LogP contribution in [0.15, 0.2) is 15.9 Å². The molecule has 1 aromatic heterocycles. The molecule has 1 unspecified atom stereocenters. The monoisotopic (exact) mass is 292 g/mol. The van der Waals surface area contributed by atoms with E-state index in [-0.39, 0.29) is 6.42 Å². The molecule has 0 aromatic carbocycles. The van der Waals surface area contributed by atoms with E-state index in [2.05, 4.69) is 20.7 Å². The zero-order chi connectivity index (χ0) is 11.4. The molecule has 0 aliphatic carbocycles. The van der Waals surface area contributed by atoms with Crippen LogP contribution in [-0.2, 0) is 20.7 Å². The number of carbonyl (C=O) groups excluding carboxylic acids is 1. The normalized spacial score (nSPS) is 12.1. The van der Waals surface area contributed by atoms with Gasteiger partial charge >= 0.3 is 11.9 Å². The summed E-state index contributed by atoms with van der Waals surface area (Å²) >= 11 is 4.68. The first-order chi connectivity index (χ1) is 7.04. The first-order valence-corrected chi connectivity index (χ1v) is 5.70. The summed E-state index contributed by atoms with van der Waals surface area (Å²) in [4.78, 5) is 22.8. The molecule has 0 spiro atoms. The van der Waals surface area contributed by atoms with Crippen LogP contribution >= 0.6 is 27.3 Å². The highest BCUT2D eigenvalue weighted by atomic mass is 79.9. The Hall–Kier alpha value is -0.880. The second-order valence-electron chi connectivity index (χ2n) is 2.82. The number of hydrogen-bond acceptors (Lipinski definition) is 4. The first kappa shape index (κ1) is 12.2. The minimum atomic E-state index is -1.16. The zero-order valence-electron chi connectivity index (χ0n) is 7.90. The summed E-state index contributed by atoms with van der Waals surface area (Å²) in [5.74, 6) is -3.00. The average Bonchev–Trinajstić information content (AvgIpc) is 2.59. The highest BCUT2D eigenvalue weighted by molar-refractivity contribution is 9.11. The van der Waals surface area contributed by atoms with E-state index < -0.39 is 17.9 Å². The second kappa shape index (κ2) is 5.27. The molecule has 1 rings (SSSR count). The van der Waals surface area contributed by atoms with Gasteiger partial charge in [-0.1, -0.05) is 0 Å². The molecule has 4 nitrogen and oxygen atoms in total. The maximum absolute atomic E-state index is 11.2. The van der Waals surface area contributed by atoms with E-state index >= 15 is 0 Å². The van der Waals surface area contributed by atoms with Crippen molar-refractivity contribution in [1.29, 1.82) is 0 Å². The van der Waals surface area contributed by atoms with Gasteiger partial charge in [-0.2, -0.15) is 0 Å². The van der Waals surface area contributed by atoms with Gasteiger partial charge in [0, 0.05) is 11.3 Å². The van der Waals surface area contributed by atoms with E-state index in [9.17, 15) is 9.59 Å². The Bertz CT molecular complexity index is 374. The molecule has 0 fully saturated rings. The number of aliphatic carboxylic acids is 1. The molecule has 0 aliphatic heterocycles. The molecule has 82 valence electrons. The number of ether oxygens (including phenoxy) is 1. The van der Waals surface area contributed by atoms with Gasteiger partial charge in [0.05, 0.1) is 10.9 Å². The lowest BCUT2D eigenvalue weighted by molar-refractivity contribution is -0.156. The number of carboxylic acids is 1. The minimum Gasteiger partial charge on any atom is -0.481 e. The van der Waals surface area contributed by atoms with E-state index in [0.717, 1.165) is 8.66 Å². The molecule has 6 heteroatoms. The van der Waals surface area contributed by atoms with E-state index in [0.29, 0.717) is 0 Å². The molecule has 1 atom stereocenters. The molecule has 0 bridgehead atoms. The molecule has 1 aromatic rings. The Morgan fingerprint density at radius 3 is 2.67 bits per heavy atom. The van der Waals surface area contributed by atoms with Crippen LogP contribution in [0, 0.1) is 5.92 Å². The molecular weight excluding hydrogens is 284 g/mol. The minimum absolute atomic E-state index is 0.165. The predicted octanol–water partition coefficient (Wildman–Crippen LogP) is 1.93. The van der Waals surface area contributed by atoms with E-state index in [1.54, 1.807) is 6.07 Å². The molecule has 0 aliphatic rings. The summed E-state index contributed by atoms with van der Waals surface area (Å²) < 4.78 is 5.33. The van der Waals surface area contributed by atoms with Gasteiger partial charge in [-0.15, -0.1) is 11.3 Å². The fourth-order valence-electron chi connectivity index (χ4n) is 1.08. The molecule has 0 saturated carbocycles. The second-order valence-corrected chi connectivity index (χ2v) is 5.37. The zero-order valence-corrected chi connectivity index (χ0v) is 10.3. The van der Waals surface area contributed by atoms with Crippen LogP contribution in [0.5, 0.6) is 0 Å². The third-order valence-corrected chi connectivity index (χ3v) is 3.46. The Morgan fingerprint density at radius 2 is 2.27 bits per heavy atom. The Morgan fingerprint density at radius 1 is 1.60 bits per heavy atom. The highest BCUT2D eigenvalue weighted by Gasteiger charge is 2.27. The number of esters is 1. The van der Waals surface area contributed by atoms with Crippen LogP contribution in [0.25, 0.3) is 0 Å². The molecule has 15 heavy (non-hydrogen) atoms. The van der Waals surface area contributed by atoms with Crippen molar-refractivity contribution in [3.8, 4) is 0 Å². The van der Waals surface area contributed by atoms with E-state index in [1.807, 2.05) is 6.07 Å². The van der Waals surface area contributed by atoms with Crippen molar-refractivity contribution in [3.63, 3.8) is 0 Å². The molecule has 1 heterocycles. The van der Waals surface area contributed by atoms with Crippen LogP contribution in [0.1, 0.15) is 4.88 Å². The van der Waals surface area contributed by atoms with Crippen LogP contribution < -0.4 is 0 Å². The van der Waals surface area contributed by atoms with E-state index in [1.165, 1.54) is 18.4 Å². The maximum Gasteiger partial charge on any atom is 0.320 e. The number of thiophene rings is 1. The van der Waals surface area contributed by atoms with Crippen molar-refractivity contribution in [2.75, 3.05) is 7.11 Å². The van der Waals surface area contributed by atoms with Gasteiger partial charge in [-0.05, 0) is 28.1 Å². The summed E-state index contributed by atoms with van der Waals surface area (Å²) in [6, 6.07) is 3.60. The summed E-state index contributed by atoms with van der Waals surface area (Å²) in [7, 11) is 1.18. The first-order valence-electron chi connectivity index (χ1n) is 4.09. The summed E-state index contributed by atoms with van der Waals surface area (Å²) in [6.45, 7) is 0. The fraction of sp³-hybridized carbons (Fsp3) is 0.333. The topological polar surface area (TPSA) is 63.6 Å². The van der Waals surface area contributed by atoms with Gasteiger partial charge in [-0.3, -0.25) is 9.59 Å². The molecular formula is C9H9BrO4S. The van der Waals surface area contributed by atoms with Gasteiger partial charge in [-0.25, -0.2) is 0 Å². The Balaban J connectivity index is 2.75. The standard InChI is InChI=1S/C9H9BrO4S/c1-14-9(13)6(8(11)12)4-5-2-3-7(10)15-5/h2-3,6H,4H2,1H3,(H,11,12). The highest BCUT2D eigenvalue weighted by Crippen LogP contribution is 2.24. The van der Waals surface area contributed by atoms with Crippen LogP contribution in [-0.4, -0.2) is 24.2 Å².